The molecule has 1 heterocycles. The van der Waals surface area contributed by atoms with Crippen LogP contribution >= 0.6 is 23.5 Å². The van der Waals surface area contributed by atoms with Crippen molar-refractivity contribution in [2.75, 3.05) is 23.9 Å². The van der Waals surface area contributed by atoms with Crippen LogP contribution in [0.25, 0.3) is 0 Å². The van der Waals surface area contributed by atoms with Gasteiger partial charge in [0.2, 0.25) is 5.91 Å². The number of methoxy groups -OCH3 is 1. The highest BCUT2D eigenvalue weighted by Crippen LogP contribution is 2.25. The molecule has 0 aliphatic carbocycles. The summed E-state index contributed by atoms with van der Waals surface area (Å²) in [5.74, 6) is 0.925. The summed E-state index contributed by atoms with van der Waals surface area (Å²) in [6, 6.07) is 18.2. The molecule has 6 nitrogen and oxygen atoms in total. The summed E-state index contributed by atoms with van der Waals surface area (Å²) in [4.78, 5) is 33.5. The van der Waals surface area contributed by atoms with Gasteiger partial charge in [-0.1, -0.05) is 66.0 Å². The highest BCUT2D eigenvalue weighted by atomic mass is 32.2. The zero-order valence-corrected chi connectivity index (χ0v) is 18.3. The molecule has 0 fully saturated rings. The van der Waals surface area contributed by atoms with Crippen LogP contribution in [0.2, 0.25) is 0 Å². The Morgan fingerprint density at radius 2 is 1.70 bits per heavy atom. The highest BCUT2D eigenvalue weighted by molar-refractivity contribution is 8.00. The van der Waals surface area contributed by atoms with E-state index < -0.39 is 0 Å². The Morgan fingerprint density at radius 1 is 0.967 bits per heavy atom. The summed E-state index contributed by atoms with van der Waals surface area (Å²) in [6.07, 6.45) is 0. The molecule has 2 aromatic carbocycles. The summed E-state index contributed by atoms with van der Waals surface area (Å²) in [5, 5.41) is 4.05. The van der Waals surface area contributed by atoms with Crippen LogP contribution in [0.3, 0.4) is 0 Å². The lowest BCUT2D eigenvalue weighted by molar-refractivity contribution is -0.113. The van der Waals surface area contributed by atoms with Crippen molar-refractivity contribution in [3.63, 3.8) is 0 Å². The van der Waals surface area contributed by atoms with Crippen LogP contribution in [0.1, 0.15) is 16.1 Å². The van der Waals surface area contributed by atoms with Gasteiger partial charge in [0.25, 0.3) is 0 Å². The van der Waals surface area contributed by atoms with E-state index in [4.69, 9.17) is 4.74 Å². The second kappa shape index (κ2) is 10.8. The molecule has 0 bridgehead atoms. The van der Waals surface area contributed by atoms with E-state index in [0.717, 1.165) is 5.69 Å². The molecule has 0 spiro atoms. The third-order valence-electron chi connectivity index (χ3n) is 3.97. The van der Waals surface area contributed by atoms with Crippen molar-refractivity contribution >= 4 is 40.9 Å². The van der Waals surface area contributed by atoms with Crippen molar-refractivity contribution in [3.8, 4) is 5.75 Å². The molecule has 0 radical (unpaired) electrons. The number of carbonyl (C=O) groups excluding carboxylic acids is 2. The topological polar surface area (TPSA) is 81.2 Å². The predicted molar refractivity (Wildman–Crippen MR) is 121 cm³/mol. The number of thioether (sulfide) groups is 2. The van der Waals surface area contributed by atoms with Gasteiger partial charge in [0, 0.05) is 11.3 Å². The smallest absolute Gasteiger partial charge is 0.234 e. The van der Waals surface area contributed by atoms with Gasteiger partial charge in [-0.15, -0.1) is 0 Å². The molecule has 154 valence electrons. The molecule has 1 aromatic heterocycles. The van der Waals surface area contributed by atoms with Gasteiger partial charge < -0.3 is 10.1 Å². The third kappa shape index (κ3) is 6.33. The fourth-order valence-electron chi connectivity index (χ4n) is 2.56. The lowest BCUT2D eigenvalue weighted by atomic mass is 10.2. The number of carbonyl (C=O) groups is 2. The van der Waals surface area contributed by atoms with Gasteiger partial charge in [-0.2, -0.15) is 0 Å². The van der Waals surface area contributed by atoms with E-state index in [1.807, 2.05) is 43.3 Å². The Balaban J connectivity index is 1.57. The summed E-state index contributed by atoms with van der Waals surface area (Å²) in [6.45, 7) is 1.86. The van der Waals surface area contributed by atoms with Gasteiger partial charge in [-0.05, 0) is 25.1 Å². The molecule has 0 unspecified atom stereocenters. The number of nitrogens with zero attached hydrogens (tertiary/aromatic N) is 2. The number of ether oxygens (including phenoxy) is 1. The van der Waals surface area contributed by atoms with Crippen LogP contribution in [0.4, 0.5) is 5.69 Å². The van der Waals surface area contributed by atoms with Crippen molar-refractivity contribution in [2.24, 2.45) is 0 Å². The van der Waals surface area contributed by atoms with E-state index in [1.54, 1.807) is 31.4 Å². The summed E-state index contributed by atoms with van der Waals surface area (Å²) in [5.41, 5.74) is 2.08. The maximum atomic E-state index is 12.3. The molecule has 0 aliphatic heterocycles. The molecule has 0 saturated carbocycles. The lowest BCUT2D eigenvalue weighted by Gasteiger charge is -2.10. The van der Waals surface area contributed by atoms with E-state index in [9.17, 15) is 9.59 Å². The molecule has 0 aliphatic rings. The first kappa shape index (κ1) is 21.9. The number of aryl methyl sites for hydroxylation is 1. The monoisotopic (exact) mass is 439 g/mol. The first-order valence-corrected chi connectivity index (χ1v) is 11.1. The van der Waals surface area contributed by atoms with Crippen molar-refractivity contribution in [3.05, 3.63) is 71.9 Å². The number of anilines is 1. The molecule has 3 rings (SSSR count). The quantitative estimate of drug-likeness (QED) is 0.227. The van der Waals surface area contributed by atoms with Crippen LogP contribution in [-0.2, 0) is 4.79 Å². The van der Waals surface area contributed by atoms with Crippen molar-refractivity contribution in [1.82, 2.24) is 9.97 Å². The molecule has 3 aromatic rings. The molecule has 30 heavy (non-hydrogen) atoms. The SMILES string of the molecule is COc1ccccc1NC(=O)CSc1cc(C)nc(SCC(=O)c2ccccc2)n1. The Morgan fingerprint density at radius 3 is 2.47 bits per heavy atom. The number of Topliss-reactive ketones (excluding diaryl/α,β-unsaturated/α-hetero) is 1. The lowest BCUT2D eigenvalue weighted by Crippen LogP contribution is -2.14. The van der Waals surface area contributed by atoms with Crippen LogP contribution in [0.5, 0.6) is 5.75 Å². The molecule has 1 amide bonds. The number of hydrogen-bond donors (Lipinski definition) is 1. The summed E-state index contributed by atoms with van der Waals surface area (Å²) in [7, 11) is 1.56. The zero-order valence-electron chi connectivity index (χ0n) is 16.6. The Hall–Kier alpha value is -2.84. The van der Waals surface area contributed by atoms with Gasteiger partial charge in [0.05, 0.1) is 24.3 Å². The Bertz CT molecular complexity index is 1030. The first-order valence-electron chi connectivity index (χ1n) is 9.17. The fraction of sp³-hybridized carbons (Fsp3) is 0.182. The number of para-hydroxylation sites is 2. The maximum Gasteiger partial charge on any atom is 0.234 e. The maximum absolute atomic E-state index is 12.3. The Labute approximate surface area is 183 Å². The van der Waals surface area contributed by atoms with Gasteiger partial charge in [-0.25, -0.2) is 9.97 Å². The Kier molecular flexibility index (Phi) is 7.87. The fourth-order valence-corrected chi connectivity index (χ4v) is 4.18. The van der Waals surface area contributed by atoms with E-state index in [1.165, 1.54) is 23.5 Å². The third-order valence-corrected chi connectivity index (χ3v) is 5.73. The van der Waals surface area contributed by atoms with Gasteiger partial charge in [-0.3, -0.25) is 9.59 Å². The van der Waals surface area contributed by atoms with E-state index in [2.05, 4.69) is 15.3 Å². The van der Waals surface area contributed by atoms with Crippen LogP contribution in [0, 0.1) is 6.92 Å². The minimum absolute atomic E-state index is 0.0242. The normalized spacial score (nSPS) is 10.5. The highest BCUT2D eigenvalue weighted by Gasteiger charge is 2.11. The molecule has 0 atom stereocenters. The molecular formula is C22H21N3O3S2. The van der Waals surface area contributed by atoms with Gasteiger partial charge in [0.1, 0.15) is 10.8 Å². The first-order chi connectivity index (χ1) is 14.5. The second-order valence-electron chi connectivity index (χ2n) is 6.25. The average Bonchev–Trinajstić information content (AvgIpc) is 2.77. The molecular weight excluding hydrogens is 418 g/mol. The minimum Gasteiger partial charge on any atom is -0.495 e. The van der Waals surface area contributed by atoms with E-state index >= 15 is 0 Å². The van der Waals surface area contributed by atoms with Crippen LogP contribution in [-0.4, -0.2) is 40.3 Å². The number of amides is 1. The molecule has 1 N–H and O–H groups in total. The number of benzene rings is 2. The summed E-state index contributed by atoms with van der Waals surface area (Å²) < 4.78 is 5.25. The number of nitrogens with one attached hydrogen (secondary N) is 1. The number of rotatable bonds is 9. The van der Waals surface area contributed by atoms with Gasteiger partial charge >= 0.3 is 0 Å². The largest absolute Gasteiger partial charge is 0.495 e. The standard InChI is InChI=1S/C22H21N3O3S2/c1-15-12-21(29-14-20(27)24-17-10-6-7-11-19(17)28-2)25-22(23-15)30-13-18(26)16-8-4-3-5-9-16/h3-12H,13-14H2,1-2H3,(H,24,27). The van der Waals surface area contributed by atoms with Crippen LogP contribution in [0.15, 0.2) is 70.8 Å². The summed E-state index contributed by atoms with van der Waals surface area (Å²) >= 11 is 2.61. The van der Waals surface area contributed by atoms with Crippen molar-refractivity contribution in [2.45, 2.75) is 17.1 Å². The van der Waals surface area contributed by atoms with Crippen LogP contribution < -0.4 is 10.1 Å². The van der Waals surface area contributed by atoms with Crippen molar-refractivity contribution < 1.29 is 14.3 Å². The average molecular weight is 440 g/mol. The molecule has 8 heteroatoms. The van der Waals surface area contributed by atoms with Gasteiger partial charge in [0.15, 0.2) is 10.9 Å². The van der Waals surface area contributed by atoms with E-state index in [-0.39, 0.29) is 23.2 Å². The number of aromatic nitrogens is 2. The number of hydrogen-bond acceptors (Lipinski definition) is 7. The molecule has 0 saturated heterocycles. The second-order valence-corrected chi connectivity index (χ2v) is 8.18. The minimum atomic E-state index is -0.158. The van der Waals surface area contributed by atoms with Crippen molar-refractivity contribution in [1.29, 1.82) is 0 Å². The number of ketones is 1. The predicted octanol–water partition coefficient (Wildman–Crippen LogP) is 4.50. The zero-order chi connectivity index (χ0) is 21.3. The van der Waals surface area contributed by atoms with E-state index in [0.29, 0.717) is 27.2 Å².